The van der Waals surface area contributed by atoms with Crippen LogP contribution in [0.5, 0.6) is 0 Å². The first-order chi connectivity index (χ1) is 7.56. The smallest absolute Gasteiger partial charge is 0.303 e. The summed E-state index contributed by atoms with van der Waals surface area (Å²) in [6.07, 6.45) is -4.18. The molecule has 2 aromatic rings. The Morgan fingerprint density at radius 3 is 2.75 bits per heavy atom. The molecule has 0 aliphatic heterocycles. The highest BCUT2D eigenvalue weighted by molar-refractivity contribution is 5.81. The molecule has 2 N–H and O–H groups in total. The summed E-state index contributed by atoms with van der Waals surface area (Å²) in [7, 11) is 0. The van der Waals surface area contributed by atoms with Crippen molar-refractivity contribution in [2.45, 2.75) is 12.7 Å². The summed E-state index contributed by atoms with van der Waals surface area (Å²) >= 11 is 0. The van der Waals surface area contributed by atoms with Crippen LogP contribution in [-0.2, 0) is 6.54 Å². The Morgan fingerprint density at radius 2 is 2.00 bits per heavy atom. The number of fused-ring (bicyclic) bond motifs is 1. The molecule has 6 heteroatoms. The van der Waals surface area contributed by atoms with Crippen LogP contribution in [-0.4, -0.2) is 22.9 Å². The third kappa shape index (κ3) is 2.52. The number of halogens is 3. The molecule has 0 amide bonds. The number of aromatic nitrogens is 2. The van der Waals surface area contributed by atoms with E-state index in [9.17, 15) is 13.2 Å². The lowest BCUT2D eigenvalue weighted by atomic mass is 10.2. The van der Waals surface area contributed by atoms with Gasteiger partial charge in [0.25, 0.3) is 0 Å². The van der Waals surface area contributed by atoms with Crippen molar-refractivity contribution in [2.24, 2.45) is 0 Å². The van der Waals surface area contributed by atoms with Crippen LogP contribution in [0.15, 0.2) is 24.3 Å². The van der Waals surface area contributed by atoms with Gasteiger partial charge in [-0.3, -0.25) is 5.10 Å². The zero-order valence-corrected chi connectivity index (χ0v) is 8.30. The first-order valence-corrected chi connectivity index (χ1v) is 4.76. The Hall–Kier alpha value is -1.56. The molecule has 1 heterocycles. The second kappa shape index (κ2) is 4.13. The molecular formula is C10H10F3N3. The zero-order valence-electron chi connectivity index (χ0n) is 8.30. The monoisotopic (exact) mass is 229 g/mol. The Kier molecular flexibility index (Phi) is 2.82. The summed E-state index contributed by atoms with van der Waals surface area (Å²) in [6, 6.07) is 7.28. The molecule has 0 saturated heterocycles. The second-order valence-electron chi connectivity index (χ2n) is 3.44. The predicted molar refractivity (Wildman–Crippen MR) is 53.9 cm³/mol. The molecule has 0 atom stereocenters. The van der Waals surface area contributed by atoms with Crippen LogP contribution in [0.4, 0.5) is 13.2 Å². The third-order valence-electron chi connectivity index (χ3n) is 2.17. The fourth-order valence-corrected chi connectivity index (χ4v) is 1.48. The lowest BCUT2D eigenvalue weighted by Gasteiger charge is -2.06. The predicted octanol–water partition coefficient (Wildman–Crippen LogP) is 2.21. The number of aromatic amines is 1. The molecule has 0 saturated carbocycles. The van der Waals surface area contributed by atoms with Crippen molar-refractivity contribution >= 4 is 10.9 Å². The minimum Gasteiger partial charge on any atom is -0.303 e. The average molecular weight is 229 g/mol. The van der Waals surface area contributed by atoms with Crippen molar-refractivity contribution in [3.63, 3.8) is 0 Å². The van der Waals surface area contributed by atoms with Gasteiger partial charge in [-0.2, -0.15) is 18.3 Å². The van der Waals surface area contributed by atoms with E-state index in [2.05, 4.69) is 15.5 Å². The molecule has 1 aromatic carbocycles. The quantitative estimate of drug-likeness (QED) is 0.847. The molecule has 0 aliphatic rings. The molecule has 0 radical (unpaired) electrons. The van der Waals surface area contributed by atoms with E-state index in [1.54, 1.807) is 6.07 Å². The Morgan fingerprint density at radius 1 is 1.25 bits per heavy atom. The maximum absolute atomic E-state index is 11.9. The zero-order chi connectivity index (χ0) is 11.6. The number of nitrogens with zero attached hydrogens (tertiary/aromatic N) is 1. The van der Waals surface area contributed by atoms with Gasteiger partial charge >= 0.3 is 6.18 Å². The van der Waals surface area contributed by atoms with Gasteiger partial charge in [0, 0.05) is 11.9 Å². The highest BCUT2D eigenvalue weighted by Crippen LogP contribution is 2.16. The number of nitrogens with one attached hydrogen (secondary N) is 2. The summed E-state index contributed by atoms with van der Waals surface area (Å²) in [5.41, 5.74) is 1.42. The highest BCUT2D eigenvalue weighted by atomic mass is 19.4. The number of benzene rings is 1. The number of hydrogen-bond donors (Lipinski definition) is 2. The Balaban J connectivity index is 2.05. The maximum atomic E-state index is 11.9. The van der Waals surface area contributed by atoms with Gasteiger partial charge in [0.05, 0.1) is 17.8 Å². The molecular weight excluding hydrogens is 219 g/mol. The normalized spacial score (nSPS) is 12.2. The van der Waals surface area contributed by atoms with Crippen molar-refractivity contribution in [1.82, 2.24) is 15.5 Å². The van der Waals surface area contributed by atoms with Crippen molar-refractivity contribution in [3.8, 4) is 0 Å². The topological polar surface area (TPSA) is 40.7 Å². The molecule has 0 aliphatic carbocycles. The summed E-state index contributed by atoms with van der Waals surface area (Å²) < 4.78 is 35.7. The highest BCUT2D eigenvalue weighted by Gasteiger charge is 2.26. The number of hydrogen-bond acceptors (Lipinski definition) is 2. The van der Waals surface area contributed by atoms with E-state index in [0.29, 0.717) is 5.69 Å². The van der Waals surface area contributed by atoms with Crippen LogP contribution in [0.3, 0.4) is 0 Å². The number of para-hydroxylation sites is 1. The van der Waals surface area contributed by atoms with E-state index in [0.717, 1.165) is 10.9 Å². The molecule has 0 unspecified atom stereocenters. The Labute approximate surface area is 89.7 Å². The number of H-pyrrole nitrogens is 1. The minimum absolute atomic E-state index is 0.125. The first kappa shape index (κ1) is 10.9. The molecule has 0 bridgehead atoms. The molecule has 3 nitrogen and oxygen atoms in total. The van der Waals surface area contributed by atoms with Crippen molar-refractivity contribution in [3.05, 3.63) is 30.0 Å². The van der Waals surface area contributed by atoms with Crippen LogP contribution < -0.4 is 5.32 Å². The summed E-state index contributed by atoms with van der Waals surface area (Å²) in [5, 5.41) is 9.88. The lowest BCUT2D eigenvalue weighted by molar-refractivity contribution is -0.125. The van der Waals surface area contributed by atoms with E-state index in [1.165, 1.54) is 0 Å². The van der Waals surface area contributed by atoms with Gasteiger partial charge in [-0.25, -0.2) is 0 Å². The largest absolute Gasteiger partial charge is 0.401 e. The number of alkyl halides is 3. The van der Waals surface area contributed by atoms with Crippen molar-refractivity contribution < 1.29 is 13.2 Å². The van der Waals surface area contributed by atoms with Gasteiger partial charge in [-0.1, -0.05) is 18.2 Å². The van der Waals surface area contributed by atoms with Crippen LogP contribution in [0.1, 0.15) is 5.69 Å². The fraction of sp³-hybridized carbons (Fsp3) is 0.300. The van der Waals surface area contributed by atoms with Crippen molar-refractivity contribution in [2.75, 3.05) is 6.54 Å². The van der Waals surface area contributed by atoms with Gasteiger partial charge < -0.3 is 5.32 Å². The molecule has 1 aromatic heterocycles. The van der Waals surface area contributed by atoms with Crippen LogP contribution >= 0.6 is 0 Å². The molecule has 0 fully saturated rings. The Bertz CT molecular complexity index is 475. The minimum atomic E-state index is -4.18. The van der Waals surface area contributed by atoms with Gasteiger partial charge in [0.15, 0.2) is 0 Å². The molecule has 0 spiro atoms. The number of rotatable bonds is 3. The van der Waals surface area contributed by atoms with E-state index in [4.69, 9.17) is 0 Å². The lowest BCUT2D eigenvalue weighted by Crippen LogP contribution is -2.28. The first-order valence-electron chi connectivity index (χ1n) is 4.76. The van der Waals surface area contributed by atoms with Crippen LogP contribution in [0, 0.1) is 0 Å². The average Bonchev–Trinajstić information content (AvgIpc) is 2.60. The summed E-state index contributed by atoms with van der Waals surface area (Å²) in [4.78, 5) is 0. The van der Waals surface area contributed by atoms with Crippen molar-refractivity contribution in [1.29, 1.82) is 0 Å². The van der Waals surface area contributed by atoms with Gasteiger partial charge in [0.1, 0.15) is 0 Å². The summed E-state index contributed by atoms with van der Waals surface area (Å²) in [5.74, 6) is 0. The summed E-state index contributed by atoms with van der Waals surface area (Å²) in [6.45, 7) is -0.875. The molecule has 86 valence electrons. The van der Waals surface area contributed by atoms with Crippen LogP contribution in [0.2, 0.25) is 0 Å². The van der Waals surface area contributed by atoms with Gasteiger partial charge in [0.2, 0.25) is 0 Å². The second-order valence-corrected chi connectivity index (χ2v) is 3.44. The fourth-order valence-electron chi connectivity index (χ4n) is 1.48. The van der Waals surface area contributed by atoms with E-state index < -0.39 is 12.7 Å². The maximum Gasteiger partial charge on any atom is 0.401 e. The van der Waals surface area contributed by atoms with Gasteiger partial charge in [-0.15, -0.1) is 0 Å². The van der Waals surface area contributed by atoms with E-state index in [-0.39, 0.29) is 6.54 Å². The standard InChI is InChI=1S/C10H10F3N3/c11-10(12,13)6-14-5-9-7-3-1-2-4-8(7)15-16-9/h1-4,14H,5-6H2,(H,15,16). The third-order valence-corrected chi connectivity index (χ3v) is 2.17. The SMILES string of the molecule is FC(F)(F)CNCc1[nH]nc2ccccc12. The molecule has 16 heavy (non-hydrogen) atoms. The van der Waals surface area contributed by atoms with E-state index in [1.807, 2.05) is 18.2 Å². The van der Waals surface area contributed by atoms with E-state index >= 15 is 0 Å². The van der Waals surface area contributed by atoms with Crippen LogP contribution in [0.25, 0.3) is 10.9 Å². The van der Waals surface area contributed by atoms with Gasteiger partial charge in [-0.05, 0) is 6.07 Å². The molecule has 2 rings (SSSR count).